The molecule has 1 heterocycles. The number of furan rings is 1. The van der Waals surface area contributed by atoms with Gasteiger partial charge in [0.1, 0.15) is 11.3 Å². The van der Waals surface area contributed by atoms with Crippen LogP contribution in [0.3, 0.4) is 0 Å². The summed E-state index contributed by atoms with van der Waals surface area (Å²) in [5.41, 5.74) is 2.71. The van der Waals surface area contributed by atoms with Gasteiger partial charge in [-0.2, -0.15) is 0 Å². The molecule has 0 fully saturated rings. The lowest BCUT2D eigenvalue weighted by Gasteiger charge is -2.08. The molecule has 1 atom stereocenters. The van der Waals surface area contributed by atoms with Gasteiger partial charge in [-0.3, -0.25) is 4.21 Å². The van der Waals surface area contributed by atoms with Crippen LogP contribution in [0.1, 0.15) is 11.3 Å². The molecule has 1 N–H and O–H groups in total. The summed E-state index contributed by atoms with van der Waals surface area (Å²) in [5, 5.41) is 5.05. The zero-order chi connectivity index (χ0) is 15.5. The molecule has 3 rings (SSSR count). The maximum atomic E-state index is 11.4. The van der Waals surface area contributed by atoms with Gasteiger partial charge in [0.25, 0.3) is 0 Å². The fourth-order valence-corrected chi connectivity index (χ4v) is 3.27. The molecule has 0 amide bonds. The number of hydrogen-bond acceptors (Lipinski definition) is 3. The summed E-state index contributed by atoms with van der Waals surface area (Å²) in [6.45, 7) is 0.588. The Kier molecular flexibility index (Phi) is 4.50. The van der Waals surface area contributed by atoms with Crippen LogP contribution >= 0.6 is 11.6 Å². The third kappa shape index (κ3) is 3.51. The summed E-state index contributed by atoms with van der Waals surface area (Å²) >= 11 is 6.13. The van der Waals surface area contributed by atoms with E-state index in [2.05, 4.69) is 5.32 Å². The Morgan fingerprint density at radius 3 is 2.77 bits per heavy atom. The summed E-state index contributed by atoms with van der Waals surface area (Å²) < 4.78 is 17.1. The molecule has 0 bridgehead atoms. The number of para-hydroxylation sites is 1. The van der Waals surface area contributed by atoms with E-state index in [1.165, 1.54) is 0 Å². The second-order valence-corrected chi connectivity index (χ2v) is 6.97. The van der Waals surface area contributed by atoms with Crippen LogP contribution in [0.4, 0.5) is 5.69 Å². The Morgan fingerprint density at radius 2 is 2.00 bits per heavy atom. The minimum atomic E-state index is -0.916. The van der Waals surface area contributed by atoms with Gasteiger partial charge in [0.05, 0.1) is 6.54 Å². The molecule has 0 saturated carbocycles. The normalized spacial score (nSPS) is 12.5. The van der Waals surface area contributed by atoms with Crippen LogP contribution < -0.4 is 5.32 Å². The Balaban J connectivity index is 1.74. The molecular weight excluding hydrogens is 318 g/mol. The van der Waals surface area contributed by atoms with Gasteiger partial charge in [-0.1, -0.05) is 29.8 Å². The standard InChI is InChI=1S/C17H16ClNO2S/c1-22(20)11-13-8-14(6-7-16(13)18)19-10-15-9-12-4-2-3-5-17(12)21-15/h2-9,19H,10-11H2,1H3/t22-/m1/s1. The first-order valence-corrected chi connectivity index (χ1v) is 9.02. The molecule has 3 nitrogen and oxygen atoms in total. The highest BCUT2D eigenvalue weighted by Crippen LogP contribution is 2.23. The number of rotatable bonds is 5. The SMILES string of the molecule is C[S@@](=O)Cc1cc(NCc2cc3ccccc3o2)ccc1Cl. The van der Waals surface area contributed by atoms with Crippen molar-refractivity contribution in [3.63, 3.8) is 0 Å². The molecule has 3 aromatic rings. The minimum absolute atomic E-state index is 0.457. The molecule has 0 saturated heterocycles. The van der Waals surface area contributed by atoms with Crippen molar-refractivity contribution in [1.29, 1.82) is 0 Å². The number of halogens is 1. The van der Waals surface area contributed by atoms with Crippen LogP contribution in [0.15, 0.2) is 52.9 Å². The highest BCUT2D eigenvalue weighted by atomic mass is 35.5. The van der Waals surface area contributed by atoms with Crippen LogP contribution in [0.2, 0.25) is 5.02 Å². The summed E-state index contributed by atoms with van der Waals surface area (Å²) in [4.78, 5) is 0. The molecule has 22 heavy (non-hydrogen) atoms. The first-order valence-electron chi connectivity index (χ1n) is 6.91. The zero-order valence-electron chi connectivity index (χ0n) is 12.1. The van der Waals surface area contributed by atoms with E-state index in [9.17, 15) is 4.21 Å². The summed E-state index contributed by atoms with van der Waals surface area (Å²) in [6.07, 6.45) is 1.67. The van der Waals surface area contributed by atoms with Gasteiger partial charge in [-0.15, -0.1) is 0 Å². The van der Waals surface area contributed by atoms with Crippen molar-refractivity contribution in [3.05, 3.63) is 64.9 Å². The number of hydrogen-bond donors (Lipinski definition) is 1. The lowest BCUT2D eigenvalue weighted by Crippen LogP contribution is -2.00. The first-order chi connectivity index (χ1) is 10.6. The molecule has 0 spiro atoms. The fraction of sp³-hybridized carbons (Fsp3) is 0.176. The summed E-state index contributed by atoms with van der Waals surface area (Å²) in [7, 11) is -0.916. The van der Waals surface area contributed by atoms with Crippen molar-refractivity contribution in [3.8, 4) is 0 Å². The molecule has 0 unspecified atom stereocenters. The van der Waals surface area contributed by atoms with Crippen molar-refractivity contribution in [1.82, 2.24) is 0 Å². The quantitative estimate of drug-likeness (QED) is 0.743. The molecule has 1 aromatic heterocycles. The third-order valence-corrected chi connectivity index (χ3v) is 4.43. The van der Waals surface area contributed by atoms with Gasteiger partial charge in [-0.25, -0.2) is 0 Å². The zero-order valence-corrected chi connectivity index (χ0v) is 13.7. The van der Waals surface area contributed by atoms with Gasteiger partial charge >= 0.3 is 0 Å². The van der Waals surface area contributed by atoms with E-state index in [4.69, 9.17) is 16.0 Å². The predicted octanol–water partition coefficient (Wildman–Crippen LogP) is 4.58. The highest BCUT2D eigenvalue weighted by Gasteiger charge is 2.06. The monoisotopic (exact) mass is 333 g/mol. The van der Waals surface area contributed by atoms with Crippen molar-refractivity contribution in [2.75, 3.05) is 11.6 Å². The number of fused-ring (bicyclic) bond motifs is 1. The van der Waals surface area contributed by atoms with Gasteiger partial charge in [0.15, 0.2) is 0 Å². The lowest BCUT2D eigenvalue weighted by atomic mass is 10.2. The Labute approximate surface area is 136 Å². The average Bonchev–Trinajstić information content (AvgIpc) is 2.90. The number of benzene rings is 2. The topological polar surface area (TPSA) is 42.2 Å². The van der Waals surface area contributed by atoms with E-state index < -0.39 is 10.8 Å². The molecule has 114 valence electrons. The van der Waals surface area contributed by atoms with Crippen LogP contribution in [0.5, 0.6) is 0 Å². The third-order valence-electron chi connectivity index (χ3n) is 3.35. The molecular formula is C17H16ClNO2S. The van der Waals surface area contributed by atoms with E-state index in [0.29, 0.717) is 17.3 Å². The van der Waals surface area contributed by atoms with Crippen LogP contribution in [-0.4, -0.2) is 10.5 Å². The van der Waals surface area contributed by atoms with E-state index in [1.807, 2.05) is 48.5 Å². The minimum Gasteiger partial charge on any atom is -0.459 e. The largest absolute Gasteiger partial charge is 0.459 e. The number of nitrogens with one attached hydrogen (secondary N) is 1. The predicted molar refractivity (Wildman–Crippen MR) is 92.8 cm³/mol. The van der Waals surface area contributed by atoms with E-state index >= 15 is 0 Å². The molecule has 5 heteroatoms. The van der Waals surface area contributed by atoms with E-state index in [0.717, 1.165) is 28.0 Å². The smallest absolute Gasteiger partial charge is 0.134 e. The van der Waals surface area contributed by atoms with E-state index in [-0.39, 0.29) is 0 Å². The summed E-state index contributed by atoms with van der Waals surface area (Å²) in [6, 6.07) is 15.6. The molecule has 0 radical (unpaired) electrons. The van der Waals surface area contributed by atoms with Gasteiger partial charge in [0, 0.05) is 38.9 Å². The van der Waals surface area contributed by atoms with Crippen LogP contribution in [-0.2, 0) is 23.1 Å². The van der Waals surface area contributed by atoms with Crippen LogP contribution in [0.25, 0.3) is 11.0 Å². The van der Waals surface area contributed by atoms with E-state index in [1.54, 1.807) is 6.26 Å². The average molecular weight is 334 g/mol. The van der Waals surface area contributed by atoms with Gasteiger partial charge in [-0.05, 0) is 35.9 Å². The van der Waals surface area contributed by atoms with Crippen molar-refractivity contribution in [2.45, 2.75) is 12.3 Å². The Bertz CT molecular complexity index is 795. The van der Waals surface area contributed by atoms with Gasteiger partial charge < -0.3 is 9.73 Å². The fourth-order valence-electron chi connectivity index (χ4n) is 2.33. The van der Waals surface area contributed by atoms with Crippen molar-refractivity contribution in [2.24, 2.45) is 0 Å². The second kappa shape index (κ2) is 6.55. The van der Waals surface area contributed by atoms with Crippen molar-refractivity contribution >= 4 is 39.1 Å². The molecule has 0 aliphatic rings. The maximum Gasteiger partial charge on any atom is 0.134 e. The molecule has 0 aliphatic heterocycles. The van der Waals surface area contributed by atoms with Gasteiger partial charge in [0.2, 0.25) is 0 Å². The number of anilines is 1. The maximum absolute atomic E-state index is 11.4. The lowest BCUT2D eigenvalue weighted by molar-refractivity contribution is 0.559. The summed E-state index contributed by atoms with van der Waals surface area (Å²) in [5.74, 6) is 1.33. The first kappa shape index (κ1) is 15.1. The second-order valence-electron chi connectivity index (χ2n) is 5.13. The molecule has 2 aromatic carbocycles. The van der Waals surface area contributed by atoms with Crippen molar-refractivity contribution < 1.29 is 8.63 Å². The highest BCUT2D eigenvalue weighted by molar-refractivity contribution is 7.83. The Hall–Kier alpha value is -1.78. The molecule has 0 aliphatic carbocycles. The van der Waals surface area contributed by atoms with Crippen LogP contribution in [0, 0.1) is 0 Å². The Morgan fingerprint density at radius 1 is 1.18 bits per heavy atom.